The highest BCUT2D eigenvalue weighted by Crippen LogP contribution is 2.41. The molecule has 1 unspecified atom stereocenters. The monoisotopic (exact) mass is 176 g/mol. The molecule has 0 amide bonds. The Morgan fingerprint density at radius 1 is 1.23 bits per heavy atom. The molecule has 0 bridgehead atoms. The van der Waals surface area contributed by atoms with Gasteiger partial charge in [-0.1, -0.05) is 38.1 Å². The molecule has 0 aliphatic carbocycles. The lowest BCUT2D eigenvalue weighted by Gasteiger charge is -2.09. The second-order valence-corrected chi connectivity index (χ2v) is 3.69. The number of epoxide rings is 1. The molecule has 0 spiro atoms. The first-order chi connectivity index (χ1) is 6.30. The van der Waals surface area contributed by atoms with Gasteiger partial charge in [-0.2, -0.15) is 0 Å². The van der Waals surface area contributed by atoms with Crippen molar-refractivity contribution in [3.63, 3.8) is 0 Å². The summed E-state index contributed by atoms with van der Waals surface area (Å²) in [4.78, 5) is 0. The van der Waals surface area contributed by atoms with Crippen molar-refractivity contribution in [1.29, 1.82) is 0 Å². The standard InChI is InChI=1S/C12H16O/c1-3-10-5-7-11(8-6-10)12(4-2)9-13-12/h5-8H,3-4,9H2,1-2H3. The summed E-state index contributed by atoms with van der Waals surface area (Å²) in [7, 11) is 0. The Labute approximate surface area is 79.7 Å². The maximum atomic E-state index is 5.50. The molecule has 1 fully saturated rings. The Hall–Kier alpha value is -0.820. The molecule has 1 heteroatoms. The molecule has 2 rings (SSSR count). The van der Waals surface area contributed by atoms with Gasteiger partial charge in [-0.05, 0) is 24.0 Å². The Balaban J connectivity index is 2.23. The molecule has 0 saturated carbocycles. The highest BCUT2D eigenvalue weighted by molar-refractivity contribution is 5.30. The largest absolute Gasteiger partial charge is 0.365 e. The third-order valence-corrected chi connectivity index (χ3v) is 2.95. The molecule has 0 aromatic heterocycles. The summed E-state index contributed by atoms with van der Waals surface area (Å²) < 4.78 is 5.50. The molecular weight excluding hydrogens is 160 g/mol. The maximum Gasteiger partial charge on any atom is 0.116 e. The Morgan fingerprint density at radius 3 is 2.23 bits per heavy atom. The quantitative estimate of drug-likeness (QED) is 0.645. The summed E-state index contributed by atoms with van der Waals surface area (Å²) in [5, 5.41) is 0. The normalized spacial score (nSPS) is 26.0. The van der Waals surface area contributed by atoms with Crippen LogP contribution in [0.1, 0.15) is 31.4 Å². The van der Waals surface area contributed by atoms with E-state index in [0.717, 1.165) is 19.4 Å². The first-order valence-corrected chi connectivity index (χ1v) is 5.04. The predicted octanol–water partition coefficient (Wildman–Crippen LogP) is 2.88. The number of rotatable bonds is 3. The van der Waals surface area contributed by atoms with Gasteiger partial charge in [-0.3, -0.25) is 0 Å². The van der Waals surface area contributed by atoms with Crippen molar-refractivity contribution in [2.45, 2.75) is 32.3 Å². The van der Waals surface area contributed by atoms with Gasteiger partial charge in [0.15, 0.2) is 0 Å². The van der Waals surface area contributed by atoms with E-state index in [1.807, 2.05) is 0 Å². The summed E-state index contributed by atoms with van der Waals surface area (Å²) in [5.41, 5.74) is 2.81. The zero-order valence-electron chi connectivity index (χ0n) is 8.34. The minimum absolute atomic E-state index is 0.0757. The number of benzene rings is 1. The predicted molar refractivity (Wildman–Crippen MR) is 53.7 cm³/mol. The van der Waals surface area contributed by atoms with Crippen LogP contribution in [0.2, 0.25) is 0 Å². The lowest BCUT2D eigenvalue weighted by Crippen LogP contribution is -2.06. The molecule has 0 N–H and O–H groups in total. The summed E-state index contributed by atoms with van der Waals surface area (Å²) in [6.07, 6.45) is 2.19. The van der Waals surface area contributed by atoms with E-state index in [1.165, 1.54) is 11.1 Å². The SMILES string of the molecule is CCc1ccc(C2(CC)CO2)cc1. The van der Waals surface area contributed by atoms with Crippen LogP contribution in [0.15, 0.2) is 24.3 Å². The van der Waals surface area contributed by atoms with Crippen molar-refractivity contribution in [3.05, 3.63) is 35.4 Å². The van der Waals surface area contributed by atoms with Crippen molar-refractivity contribution < 1.29 is 4.74 Å². The summed E-state index contributed by atoms with van der Waals surface area (Å²) >= 11 is 0. The number of aryl methyl sites for hydroxylation is 1. The molecule has 0 radical (unpaired) electrons. The zero-order valence-corrected chi connectivity index (χ0v) is 8.34. The first kappa shape index (κ1) is 8.76. The fourth-order valence-corrected chi connectivity index (χ4v) is 1.71. The molecule has 1 aliphatic rings. The van der Waals surface area contributed by atoms with E-state index < -0.39 is 0 Å². The molecular formula is C12H16O. The number of ether oxygens (including phenoxy) is 1. The van der Waals surface area contributed by atoms with E-state index in [1.54, 1.807) is 0 Å². The van der Waals surface area contributed by atoms with E-state index in [9.17, 15) is 0 Å². The van der Waals surface area contributed by atoms with Crippen molar-refractivity contribution in [2.24, 2.45) is 0 Å². The second kappa shape index (κ2) is 3.15. The van der Waals surface area contributed by atoms with Gasteiger partial charge in [0.05, 0.1) is 6.61 Å². The summed E-state index contributed by atoms with van der Waals surface area (Å²) in [5.74, 6) is 0. The Kier molecular flexibility index (Phi) is 2.12. The van der Waals surface area contributed by atoms with E-state index in [-0.39, 0.29) is 5.60 Å². The molecule has 13 heavy (non-hydrogen) atoms. The van der Waals surface area contributed by atoms with Gasteiger partial charge in [-0.25, -0.2) is 0 Å². The Morgan fingerprint density at radius 2 is 1.85 bits per heavy atom. The second-order valence-electron chi connectivity index (χ2n) is 3.69. The zero-order chi connectivity index (χ0) is 9.31. The van der Waals surface area contributed by atoms with Gasteiger partial charge in [0.2, 0.25) is 0 Å². The minimum Gasteiger partial charge on any atom is -0.365 e. The topological polar surface area (TPSA) is 12.5 Å². The van der Waals surface area contributed by atoms with Crippen molar-refractivity contribution in [2.75, 3.05) is 6.61 Å². The third kappa shape index (κ3) is 1.49. The highest BCUT2D eigenvalue weighted by Gasteiger charge is 2.44. The van der Waals surface area contributed by atoms with E-state index in [0.29, 0.717) is 0 Å². The van der Waals surface area contributed by atoms with Crippen LogP contribution in [0.25, 0.3) is 0 Å². The van der Waals surface area contributed by atoms with Gasteiger partial charge < -0.3 is 4.74 Å². The maximum absolute atomic E-state index is 5.50. The molecule has 1 aliphatic heterocycles. The fourth-order valence-electron chi connectivity index (χ4n) is 1.71. The van der Waals surface area contributed by atoms with Crippen LogP contribution in [-0.2, 0) is 16.8 Å². The lowest BCUT2D eigenvalue weighted by molar-refractivity contribution is 0.301. The van der Waals surface area contributed by atoms with Crippen LogP contribution in [0.3, 0.4) is 0 Å². The van der Waals surface area contributed by atoms with Crippen molar-refractivity contribution in [1.82, 2.24) is 0 Å². The lowest BCUT2D eigenvalue weighted by atomic mass is 9.96. The van der Waals surface area contributed by atoms with Gasteiger partial charge in [0.1, 0.15) is 5.60 Å². The average molecular weight is 176 g/mol. The molecule has 1 saturated heterocycles. The first-order valence-electron chi connectivity index (χ1n) is 5.04. The number of hydrogen-bond donors (Lipinski definition) is 0. The Bertz CT molecular complexity index is 282. The van der Waals surface area contributed by atoms with Gasteiger partial charge in [-0.15, -0.1) is 0 Å². The van der Waals surface area contributed by atoms with Crippen LogP contribution < -0.4 is 0 Å². The molecule has 1 aromatic rings. The summed E-state index contributed by atoms with van der Waals surface area (Å²) in [6.45, 7) is 5.26. The van der Waals surface area contributed by atoms with Gasteiger partial charge in [0.25, 0.3) is 0 Å². The minimum atomic E-state index is 0.0757. The van der Waals surface area contributed by atoms with Crippen LogP contribution in [-0.4, -0.2) is 6.61 Å². The van der Waals surface area contributed by atoms with E-state index in [2.05, 4.69) is 38.1 Å². The van der Waals surface area contributed by atoms with E-state index in [4.69, 9.17) is 4.74 Å². The van der Waals surface area contributed by atoms with Gasteiger partial charge >= 0.3 is 0 Å². The van der Waals surface area contributed by atoms with Crippen molar-refractivity contribution >= 4 is 0 Å². The summed E-state index contributed by atoms with van der Waals surface area (Å²) in [6, 6.07) is 8.81. The van der Waals surface area contributed by atoms with Crippen molar-refractivity contribution in [3.8, 4) is 0 Å². The molecule has 1 nitrogen and oxygen atoms in total. The third-order valence-electron chi connectivity index (χ3n) is 2.95. The van der Waals surface area contributed by atoms with Crippen LogP contribution >= 0.6 is 0 Å². The average Bonchev–Trinajstić information content (AvgIpc) is 2.99. The molecule has 70 valence electrons. The number of hydrogen-bond acceptors (Lipinski definition) is 1. The van der Waals surface area contributed by atoms with E-state index >= 15 is 0 Å². The van der Waals surface area contributed by atoms with Gasteiger partial charge in [0, 0.05) is 0 Å². The fraction of sp³-hybridized carbons (Fsp3) is 0.500. The smallest absolute Gasteiger partial charge is 0.116 e. The highest BCUT2D eigenvalue weighted by atomic mass is 16.6. The molecule has 1 aromatic carbocycles. The van der Waals surface area contributed by atoms with Crippen LogP contribution in [0.4, 0.5) is 0 Å². The molecule has 1 atom stereocenters. The van der Waals surface area contributed by atoms with Crippen LogP contribution in [0.5, 0.6) is 0 Å². The molecule has 1 heterocycles. The van der Waals surface area contributed by atoms with Crippen LogP contribution in [0, 0.1) is 0 Å².